The van der Waals surface area contributed by atoms with E-state index in [0.717, 1.165) is 24.8 Å². The first-order chi connectivity index (χ1) is 16.4. The van der Waals surface area contributed by atoms with Gasteiger partial charge in [-0.3, -0.25) is 4.79 Å². The molecule has 2 aromatic rings. The first-order valence-corrected chi connectivity index (χ1v) is 11.9. The monoisotopic (exact) mass is 462 g/mol. The van der Waals surface area contributed by atoms with Crippen molar-refractivity contribution in [1.82, 2.24) is 10.2 Å². The molecule has 1 aliphatic rings. The highest BCUT2D eigenvalue weighted by atomic mass is 16.5. The minimum atomic E-state index is -0.291. The molecule has 0 bridgehead atoms. The minimum absolute atomic E-state index is 0.0208. The number of hydrogen-bond donors (Lipinski definition) is 2. The predicted octanol–water partition coefficient (Wildman–Crippen LogP) is 4.82. The highest BCUT2D eigenvalue weighted by molar-refractivity contribution is 5.97. The number of amides is 3. The van der Waals surface area contributed by atoms with Crippen LogP contribution in [-0.2, 0) is 4.74 Å². The molecule has 7 nitrogen and oxygen atoms in total. The molecule has 0 radical (unpaired) electrons. The number of likely N-dealkylation sites (tertiary alicyclic amines) is 1. The maximum Gasteiger partial charge on any atom is 0.319 e. The molecule has 3 rings (SSSR count). The molecule has 0 unspecified atom stereocenters. The molecular weight excluding hydrogens is 428 g/mol. The summed E-state index contributed by atoms with van der Waals surface area (Å²) in [4.78, 5) is 27.3. The van der Waals surface area contributed by atoms with Crippen LogP contribution in [0.25, 0.3) is 0 Å². The van der Waals surface area contributed by atoms with Gasteiger partial charge in [-0.25, -0.2) is 4.79 Å². The van der Waals surface area contributed by atoms with Crippen LogP contribution in [0.15, 0.2) is 42.5 Å². The molecular formula is C27H34N4O3. The van der Waals surface area contributed by atoms with Crippen molar-refractivity contribution in [3.8, 4) is 6.07 Å². The second kappa shape index (κ2) is 12.2. The summed E-state index contributed by atoms with van der Waals surface area (Å²) in [5.41, 5.74) is 3.98. The Morgan fingerprint density at radius 2 is 1.85 bits per heavy atom. The third-order valence-electron chi connectivity index (χ3n) is 6.08. The Balaban J connectivity index is 1.53. The molecule has 2 aromatic carbocycles. The number of aryl methyl sites for hydroxylation is 1. The van der Waals surface area contributed by atoms with Gasteiger partial charge in [0, 0.05) is 37.5 Å². The van der Waals surface area contributed by atoms with Crippen molar-refractivity contribution in [3.05, 3.63) is 64.7 Å². The van der Waals surface area contributed by atoms with E-state index in [0.29, 0.717) is 49.0 Å². The molecule has 0 aliphatic carbocycles. The molecule has 0 spiro atoms. The van der Waals surface area contributed by atoms with Gasteiger partial charge in [-0.2, -0.15) is 5.26 Å². The van der Waals surface area contributed by atoms with Crippen molar-refractivity contribution >= 4 is 17.6 Å². The molecule has 0 atom stereocenters. The van der Waals surface area contributed by atoms with Crippen LogP contribution in [0, 0.1) is 18.3 Å². The first-order valence-electron chi connectivity index (χ1n) is 11.9. The Bertz CT molecular complexity index is 1020. The van der Waals surface area contributed by atoms with Gasteiger partial charge in [0.2, 0.25) is 0 Å². The number of piperidine rings is 1. The fraction of sp³-hybridized carbons (Fsp3) is 0.444. The zero-order chi connectivity index (χ0) is 24.5. The molecule has 180 valence electrons. The van der Waals surface area contributed by atoms with Crippen molar-refractivity contribution in [2.45, 2.75) is 52.1 Å². The number of nitriles is 1. The Morgan fingerprint density at radius 3 is 2.50 bits per heavy atom. The van der Waals surface area contributed by atoms with Crippen molar-refractivity contribution < 1.29 is 14.3 Å². The summed E-state index contributed by atoms with van der Waals surface area (Å²) >= 11 is 0. The first kappa shape index (κ1) is 25.3. The quantitative estimate of drug-likeness (QED) is 0.550. The van der Waals surface area contributed by atoms with Gasteiger partial charge in [-0.05, 0) is 81.3 Å². The van der Waals surface area contributed by atoms with Gasteiger partial charge < -0.3 is 20.3 Å². The van der Waals surface area contributed by atoms with E-state index in [1.54, 1.807) is 6.07 Å². The predicted molar refractivity (Wildman–Crippen MR) is 133 cm³/mol. The van der Waals surface area contributed by atoms with Crippen LogP contribution in [0.4, 0.5) is 10.5 Å². The highest BCUT2D eigenvalue weighted by Crippen LogP contribution is 2.29. The molecule has 7 heteroatoms. The molecule has 3 amide bonds. The number of ether oxygens (including phenoxy) is 1. The average Bonchev–Trinajstić information content (AvgIpc) is 2.84. The fourth-order valence-corrected chi connectivity index (χ4v) is 4.08. The van der Waals surface area contributed by atoms with Crippen LogP contribution in [-0.4, -0.2) is 49.2 Å². The zero-order valence-corrected chi connectivity index (χ0v) is 20.3. The second-order valence-electron chi connectivity index (χ2n) is 8.98. The van der Waals surface area contributed by atoms with E-state index in [1.807, 2.05) is 62.1 Å². The highest BCUT2D eigenvalue weighted by Gasteiger charge is 2.25. The van der Waals surface area contributed by atoms with Crippen molar-refractivity contribution in [2.75, 3.05) is 31.6 Å². The van der Waals surface area contributed by atoms with Crippen LogP contribution in [0.3, 0.4) is 0 Å². The fourth-order valence-electron chi connectivity index (χ4n) is 4.08. The summed E-state index contributed by atoms with van der Waals surface area (Å²) in [6, 6.07) is 15.0. The van der Waals surface area contributed by atoms with Crippen LogP contribution < -0.4 is 10.6 Å². The van der Waals surface area contributed by atoms with Gasteiger partial charge in [0.1, 0.15) is 0 Å². The van der Waals surface area contributed by atoms with E-state index in [-0.39, 0.29) is 18.0 Å². The van der Waals surface area contributed by atoms with Gasteiger partial charge in [0.05, 0.1) is 17.7 Å². The third-order valence-corrected chi connectivity index (χ3v) is 6.08. The van der Waals surface area contributed by atoms with Gasteiger partial charge in [0.15, 0.2) is 0 Å². The van der Waals surface area contributed by atoms with Gasteiger partial charge in [-0.1, -0.05) is 18.2 Å². The summed E-state index contributed by atoms with van der Waals surface area (Å²) in [5.74, 6) is 0.370. The van der Waals surface area contributed by atoms with Crippen molar-refractivity contribution in [3.63, 3.8) is 0 Å². The number of anilines is 1. The summed E-state index contributed by atoms with van der Waals surface area (Å²) < 4.78 is 5.48. The smallest absolute Gasteiger partial charge is 0.319 e. The van der Waals surface area contributed by atoms with E-state index in [2.05, 4.69) is 16.7 Å². The summed E-state index contributed by atoms with van der Waals surface area (Å²) in [6.45, 7) is 8.35. The zero-order valence-electron chi connectivity index (χ0n) is 20.3. The van der Waals surface area contributed by atoms with E-state index >= 15 is 0 Å². The molecule has 34 heavy (non-hydrogen) atoms. The van der Waals surface area contributed by atoms with Crippen molar-refractivity contribution in [2.24, 2.45) is 0 Å². The Hall–Kier alpha value is -3.37. The topological polar surface area (TPSA) is 94.5 Å². The normalized spacial score (nSPS) is 14.0. The van der Waals surface area contributed by atoms with E-state index in [9.17, 15) is 9.59 Å². The summed E-state index contributed by atoms with van der Waals surface area (Å²) in [7, 11) is 0. The lowest BCUT2D eigenvalue weighted by Gasteiger charge is -2.32. The second-order valence-corrected chi connectivity index (χ2v) is 8.98. The lowest BCUT2D eigenvalue weighted by atomic mass is 9.89. The van der Waals surface area contributed by atoms with Crippen LogP contribution in [0.1, 0.15) is 66.1 Å². The molecule has 1 saturated heterocycles. The number of carbonyl (C=O) groups excluding carboxylic acids is 2. The average molecular weight is 463 g/mol. The molecule has 0 aromatic heterocycles. The summed E-state index contributed by atoms with van der Waals surface area (Å²) in [5, 5.41) is 14.7. The number of hydrogen-bond acceptors (Lipinski definition) is 4. The number of rotatable bonds is 8. The maximum atomic E-state index is 13.1. The molecule has 2 N–H and O–H groups in total. The standard InChI is InChI=1S/C27H34N4O3/c1-19(2)34-16-4-13-29-27(33)30-25-17-24(8-5-20(25)3)26(32)31-14-11-23(12-15-31)22-9-6-21(18-28)7-10-22/h5-10,17,19,23H,4,11-16H2,1-3H3,(H2,29,30,33). The van der Waals surface area contributed by atoms with Gasteiger partial charge >= 0.3 is 6.03 Å². The van der Waals surface area contributed by atoms with Crippen LogP contribution in [0.2, 0.25) is 0 Å². The Kier molecular flexibility index (Phi) is 9.06. The van der Waals surface area contributed by atoms with Crippen LogP contribution in [0.5, 0.6) is 0 Å². The van der Waals surface area contributed by atoms with Gasteiger partial charge in [-0.15, -0.1) is 0 Å². The summed E-state index contributed by atoms with van der Waals surface area (Å²) in [6.07, 6.45) is 2.69. The van der Waals surface area contributed by atoms with Gasteiger partial charge in [0.25, 0.3) is 5.91 Å². The Labute approximate surface area is 202 Å². The molecule has 1 fully saturated rings. The minimum Gasteiger partial charge on any atom is -0.379 e. The van der Waals surface area contributed by atoms with E-state index in [4.69, 9.17) is 10.00 Å². The molecule has 0 saturated carbocycles. The maximum absolute atomic E-state index is 13.1. The number of benzene rings is 2. The van der Waals surface area contributed by atoms with Crippen LogP contribution >= 0.6 is 0 Å². The third kappa shape index (κ3) is 7.06. The molecule has 1 aliphatic heterocycles. The number of carbonyl (C=O) groups is 2. The number of urea groups is 1. The number of nitrogens with one attached hydrogen (secondary N) is 2. The van der Waals surface area contributed by atoms with E-state index in [1.165, 1.54) is 5.56 Å². The van der Waals surface area contributed by atoms with Crippen molar-refractivity contribution in [1.29, 1.82) is 5.26 Å². The lowest BCUT2D eigenvalue weighted by molar-refractivity contribution is 0.0712. The molecule has 1 heterocycles. The lowest BCUT2D eigenvalue weighted by Crippen LogP contribution is -2.38. The SMILES string of the molecule is Cc1ccc(C(=O)N2CCC(c3ccc(C#N)cc3)CC2)cc1NC(=O)NCCCOC(C)C. The largest absolute Gasteiger partial charge is 0.379 e. The Morgan fingerprint density at radius 1 is 1.15 bits per heavy atom. The number of nitrogens with zero attached hydrogens (tertiary/aromatic N) is 2. The van der Waals surface area contributed by atoms with E-state index < -0.39 is 0 Å².